The Kier molecular flexibility index (Phi) is 3.98. The maximum absolute atomic E-state index is 11.3. The average molecular weight is 310 g/mol. The number of carbonyl (C=O) groups excluding carboxylic acids is 1. The molecule has 5 heteroatoms. The summed E-state index contributed by atoms with van der Waals surface area (Å²) in [6, 6.07) is 15.1. The third-order valence-electron chi connectivity index (χ3n) is 3.30. The highest BCUT2D eigenvalue weighted by atomic mass is 32.1. The Bertz CT molecular complexity index is 792. The van der Waals surface area contributed by atoms with Gasteiger partial charge in [0.1, 0.15) is 15.8 Å². The quantitative estimate of drug-likeness (QED) is 0.681. The molecule has 0 fully saturated rings. The molecule has 0 aliphatic heterocycles. The second kappa shape index (κ2) is 6.07. The van der Waals surface area contributed by atoms with Gasteiger partial charge in [0, 0.05) is 16.7 Å². The minimum Gasteiger partial charge on any atom is -0.497 e. The first kappa shape index (κ1) is 14.4. The molecule has 0 amide bonds. The van der Waals surface area contributed by atoms with Crippen molar-refractivity contribution in [1.29, 1.82) is 0 Å². The van der Waals surface area contributed by atoms with Crippen LogP contribution in [0.15, 0.2) is 48.5 Å². The zero-order valence-corrected chi connectivity index (χ0v) is 13.1. The molecule has 0 radical (unpaired) electrons. The topological polar surface area (TPSA) is 52.1 Å². The molecule has 0 atom stereocenters. The van der Waals surface area contributed by atoms with Crippen LogP contribution in [0.3, 0.4) is 0 Å². The number of methoxy groups -OCH3 is 1. The summed E-state index contributed by atoms with van der Waals surface area (Å²) in [5.41, 5.74) is 2.66. The summed E-state index contributed by atoms with van der Waals surface area (Å²) in [6.45, 7) is 1.56. The zero-order valence-electron chi connectivity index (χ0n) is 12.2. The van der Waals surface area contributed by atoms with Crippen LogP contribution < -0.4 is 4.74 Å². The molecule has 1 heterocycles. The molecule has 0 unspecified atom stereocenters. The van der Waals surface area contributed by atoms with Crippen LogP contribution in [0.5, 0.6) is 5.75 Å². The van der Waals surface area contributed by atoms with Gasteiger partial charge in [0.25, 0.3) is 0 Å². The maximum atomic E-state index is 11.3. The average Bonchev–Trinajstić information content (AvgIpc) is 3.05. The lowest BCUT2D eigenvalue weighted by atomic mass is 10.1. The van der Waals surface area contributed by atoms with Crippen molar-refractivity contribution >= 4 is 17.1 Å². The molecule has 0 bridgehead atoms. The first-order chi connectivity index (χ1) is 10.7. The Hall–Kier alpha value is -2.53. The number of nitrogens with zero attached hydrogens (tertiary/aromatic N) is 2. The molecule has 22 heavy (non-hydrogen) atoms. The van der Waals surface area contributed by atoms with E-state index in [0.29, 0.717) is 5.56 Å². The molecule has 2 aromatic carbocycles. The summed E-state index contributed by atoms with van der Waals surface area (Å²) in [5, 5.41) is 10.2. The van der Waals surface area contributed by atoms with Gasteiger partial charge in [-0.05, 0) is 31.2 Å². The van der Waals surface area contributed by atoms with Crippen molar-refractivity contribution in [1.82, 2.24) is 10.2 Å². The van der Waals surface area contributed by atoms with Crippen molar-refractivity contribution in [3.63, 3.8) is 0 Å². The van der Waals surface area contributed by atoms with Gasteiger partial charge in [0.2, 0.25) is 0 Å². The number of hydrogen-bond acceptors (Lipinski definition) is 5. The lowest BCUT2D eigenvalue weighted by molar-refractivity contribution is 0.101. The van der Waals surface area contributed by atoms with Crippen LogP contribution in [-0.2, 0) is 0 Å². The second-order valence-electron chi connectivity index (χ2n) is 4.77. The van der Waals surface area contributed by atoms with Crippen LogP contribution in [-0.4, -0.2) is 23.1 Å². The van der Waals surface area contributed by atoms with Crippen molar-refractivity contribution in [2.45, 2.75) is 6.92 Å². The van der Waals surface area contributed by atoms with Crippen LogP contribution in [0, 0.1) is 0 Å². The molecular formula is C17H14N2O2S. The monoisotopic (exact) mass is 310 g/mol. The molecule has 4 nitrogen and oxygen atoms in total. The Balaban J connectivity index is 1.87. The lowest BCUT2D eigenvalue weighted by Gasteiger charge is -1.99. The minimum atomic E-state index is 0.0581. The summed E-state index contributed by atoms with van der Waals surface area (Å²) in [6.07, 6.45) is 0. The van der Waals surface area contributed by atoms with E-state index in [-0.39, 0.29) is 5.78 Å². The molecule has 0 aliphatic rings. The van der Waals surface area contributed by atoms with E-state index in [1.807, 2.05) is 48.5 Å². The Morgan fingerprint density at radius 1 is 0.909 bits per heavy atom. The summed E-state index contributed by atoms with van der Waals surface area (Å²) in [5.74, 6) is 0.871. The number of ketones is 1. The Morgan fingerprint density at radius 3 is 1.86 bits per heavy atom. The predicted molar refractivity (Wildman–Crippen MR) is 87.3 cm³/mol. The van der Waals surface area contributed by atoms with E-state index in [1.54, 1.807) is 14.0 Å². The van der Waals surface area contributed by atoms with Gasteiger partial charge in [-0.2, -0.15) is 0 Å². The molecule has 0 saturated heterocycles. The highest BCUT2D eigenvalue weighted by Crippen LogP contribution is 2.30. The summed E-state index contributed by atoms with van der Waals surface area (Å²) >= 11 is 1.52. The maximum Gasteiger partial charge on any atom is 0.159 e. The third-order valence-corrected chi connectivity index (χ3v) is 4.32. The van der Waals surface area contributed by atoms with Crippen molar-refractivity contribution in [2.75, 3.05) is 7.11 Å². The van der Waals surface area contributed by atoms with Crippen LogP contribution in [0.2, 0.25) is 0 Å². The largest absolute Gasteiger partial charge is 0.497 e. The first-order valence-electron chi connectivity index (χ1n) is 6.76. The number of rotatable bonds is 4. The highest BCUT2D eigenvalue weighted by Gasteiger charge is 2.09. The number of aromatic nitrogens is 2. The van der Waals surface area contributed by atoms with E-state index in [0.717, 1.165) is 26.9 Å². The molecule has 3 rings (SSSR count). The summed E-state index contributed by atoms with van der Waals surface area (Å²) in [4.78, 5) is 11.3. The van der Waals surface area contributed by atoms with Gasteiger partial charge in [-0.25, -0.2) is 0 Å². The number of benzene rings is 2. The molecule has 0 aliphatic carbocycles. The van der Waals surface area contributed by atoms with Gasteiger partial charge >= 0.3 is 0 Å². The van der Waals surface area contributed by atoms with Gasteiger partial charge in [-0.1, -0.05) is 35.6 Å². The fourth-order valence-corrected chi connectivity index (χ4v) is 2.89. The van der Waals surface area contributed by atoms with Crippen molar-refractivity contribution in [3.8, 4) is 26.9 Å². The van der Waals surface area contributed by atoms with Gasteiger partial charge in [-0.3, -0.25) is 4.79 Å². The third kappa shape index (κ3) is 2.89. The minimum absolute atomic E-state index is 0.0581. The van der Waals surface area contributed by atoms with Crippen LogP contribution >= 0.6 is 11.3 Å². The Labute approximate surface area is 132 Å². The van der Waals surface area contributed by atoms with Crippen molar-refractivity contribution in [3.05, 3.63) is 54.1 Å². The van der Waals surface area contributed by atoms with Gasteiger partial charge in [0.05, 0.1) is 7.11 Å². The molecular weight excluding hydrogens is 296 g/mol. The van der Waals surface area contributed by atoms with Crippen molar-refractivity contribution in [2.24, 2.45) is 0 Å². The SMILES string of the molecule is COc1ccc(-c2nnc(-c3ccc(C(C)=O)cc3)s2)cc1. The van der Waals surface area contributed by atoms with Gasteiger partial charge in [-0.15, -0.1) is 10.2 Å². The highest BCUT2D eigenvalue weighted by molar-refractivity contribution is 7.17. The number of carbonyl (C=O) groups is 1. The molecule has 0 N–H and O–H groups in total. The predicted octanol–water partition coefficient (Wildman–Crippen LogP) is 4.08. The standard InChI is InChI=1S/C17H14N2O2S/c1-11(20)12-3-5-13(6-4-12)16-18-19-17(22-16)14-7-9-15(21-2)10-8-14/h3-10H,1-2H3. The van der Waals surface area contributed by atoms with Crippen molar-refractivity contribution < 1.29 is 9.53 Å². The molecule has 0 spiro atoms. The number of hydrogen-bond donors (Lipinski definition) is 0. The summed E-state index contributed by atoms with van der Waals surface area (Å²) in [7, 11) is 1.64. The smallest absolute Gasteiger partial charge is 0.159 e. The lowest BCUT2D eigenvalue weighted by Crippen LogP contribution is -1.90. The molecule has 0 saturated carbocycles. The van der Waals surface area contributed by atoms with E-state index < -0.39 is 0 Å². The summed E-state index contributed by atoms with van der Waals surface area (Å²) < 4.78 is 5.15. The molecule has 110 valence electrons. The zero-order chi connectivity index (χ0) is 15.5. The van der Waals surface area contributed by atoms with Crippen LogP contribution in [0.1, 0.15) is 17.3 Å². The van der Waals surface area contributed by atoms with Crippen LogP contribution in [0.25, 0.3) is 21.1 Å². The second-order valence-corrected chi connectivity index (χ2v) is 5.75. The van der Waals surface area contributed by atoms with Gasteiger partial charge in [0.15, 0.2) is 5.78 Å². The van der Waals surface area contributed by atoms with Gasteiger partial charge < -0.3 is 4.74 Å². The normalized spacial score (nSPS) is 10.5. The van der Waals surface area contributed by atoms with E-state index in [9.17, 15) is 4.79 Å². The number of Topliss-reactive ketones (excluding diaryl/α,β-unsaturated/α-hetero) is 1. The Morgan fingerprint density at radius 2 is 1.41 bits per heavy atom. The van der Waals surface area contributed by atoms with E-state index in [1.165, 1.54) is 11.3 Å². The molecule has 1 aromatic heterocycles. The van der Waals surface area contributed by atoms with E-state index in [4.69, 9.17) is 4.74 Å². The first-order valence-corrected chi connectivity index (χ1v) is 7.58. The fraction of sp³-hybridized carbons (Fsp3) is 0.118. The van der Waals surface area contributed by atoms with E-state index in [2.05, 4.69) is 10.2 Å². The fourth-order valence-electron chi connectivity index (χ4n) is 2.04. The van der Waals surface area contributed by atoms with E-state index >= 15 is 0 Å². The van der Waals surface area contributed by atoms with Crippen LogP contribution in [0.4, 0.5) is 0 Å². The number of ether oxygens (including phenoxy) is 1. The molecule has 3 aromatic rings.